The molecule has 24 heavy (non-hydrogen) atoms. The summed E-state index contributed by atoms with van der Waals surface area (Å²) < 4.78 is 12.2. The molecule has 0 aliphatic heterocycles. The van der Waals surface area contributed by atoms with Crippen LogP contribution in [-0.4, -0.2) is 18.1 Å². The van der Waals surface area contributed by atoms with Crippen LogP contribution in [0.15, 0.2) is 42.5 Å². The van der Waals surface area contributed by atoms with E-state index in [4.69, 9.17) is 0 Å². The van der Waals surface area contributed by atoms with E-state index >= 15 is 0 Å². The Balaban J connectivity index is 2.38. The molecule has 4 nitrogen and oxygen atoms in total. The number of nitrogens with zero attached hydrogens (tertiary/aromatic N) is 2. The lowest BCUT2D eigenvalue weighted by Crippen LogP contribution is -1.94. The maximum atomic E-state index is 12.2. The van der Waals surface area contributed by atoms with Gasteiger partial charge in [-0.15, -0.1) is 0 Å². The van der Waals surface area contributed by atoms with E-state index in [9.17, 15) is 20.2 Å². The Kier molecular flexibility index (Phi) is 4.12. The molecule has 0 saturated carbocycles. The summed E-state index contributed by atoms with van der Waals surface area (Å²) in [6, 6.07) is 17.3. The van der Waals surface area contributed by atoms with E-state index < -0.39 is 7.14 Å². The summed E-state index contributed by atoms with van der Waals surface area (Å²) in [5, 5.41) is 31.3. The summed E-state index contributed by atoms with van der Waals surface area (Å²) in [4.78, 5) is 0. The predicted octanol–water partition coefficient (Wildman–Crippen LogP) is 4.18. The second kappa shape index (κ2) is 6.10. The Morgan fingerprint density at radius 3 is 2.04 bits per heavy atom. The molecule has 0 aromatic heterocycles. The van der Waals surface area contributed by atoms with Crippen molar-refractivity contribution in [2.45, 2.75) is 6.16 Å². The van der Waals surface area contributed by atoms with E-state index in [1.54, 1.807) is 12.7 Å². The molecule has 1 atom stereocenters. The van der Waals surface area contributed by atoms with Gasteiger partial charge in [-0.2, -0.15) is 10.5 Å². The highest BCUT2D eigenvalue weighted by molar-refractivity contribution is 7.62. The van der Waals surface area contributed by atoms with Crippen molar-refractivity contribution in [1.82, 2.24) is 0 Å². The van der Waals surface area contributed by atoms with Crippen molar-refractivity contribution in [2.75, 3.05) is 13.0 Å². The first-order valence-electron chi connectivity index (χ1n) is 7.44. The summed E-state index contributed by atoms with van der Waals surface area (Å²) in [5.41, 5.74) is 1.84. The Bertz CT molecular complexity index is 1090. The number of fused-ring (bicyclic) bond motifs is 2. The number of aliphatic hydroxyl groups is 1. The Hall–Kier alpha value is -2.65. The van der Waals surface area contributed by atoms with E-state index in [-0.39, 0.29) is 12.5 Å². The normalized spacial score (nSPS) is 13.3. The average molecular weight is 334 g/mol. The molecule has 3 aromatic carbocycles. The van der Waals surface area contributed by atoms with Crippen LogP contribution in [0, 0.1) is 22.7 Å². The maximum absolute atomic E-state index is 12.2. The van der Waals surface area contributed by atoms with Crippen molar-refractivity contribution in [3.63, 3.8) is 0 Å². The fourth-order valence-corrected chi connectivity index (χ4v) is 4.07. The molecule has 0 radical (unpaired) electrons. The number of rotatable bonds is 3. The zero-order valence-electron chi connectivity index (χ0n) is 13.2. The van der Waals surface area contributed by atoms with E-state index in [0.29, 0.717) is 21.9 Å². The monoisotopic (exact) mass is 334 g/mol. The molecule has 0 spiro atoms. The van der Waals surface area contributed by atoms with Gasteiger partial charge in [0.25, 0.3) is 0 Å². The number of nitriles is 2. The first-order valence-corrected chi connectivity index (χ1v) is 9.97. The third-order valence-electron chi connectivity index (χ3n) is 4.13. The minimum absolute atomic E-state index is 0.263. The minimum Gasteiger partial charge on any atom is -0.389 e. The van der Waals surface area contributed by atoms with Gasteiger partial charge < -0.3 is 9.67 Å². The highest BCUT2D eigenvalue weighted by Crippen LogP contribution is 2.44. The smallest absolute Gasteiger partial charge is 0.113 e. The van der Waals surface area contributed by atoms with Crippen molar-refractivity contribution in [1.29, 1.82) is 10.5 Å². The van der Waals surface area contributed by atoms with E-state index in [1.165, 1.54) is 0 Å². The largest absolute Gasteiger partial charge is 0.389 e. The molecule has 118 valence electrons. The highest BCUT2D eigenvalue weighted by atomic mass is 31.2. The van der Waals surface area contributed by atoms with Crippen LogP contribution in [0.4, 0.5) is 0 Å². The molecule has 0 heterocycles. The van der Waals surface area contributed by atoms with Crippen molar-refractivity contribution in [2.24, 2.45) is 0 Å². The summed E-state index contributed by atoms with van der Waals surface area (Å²) in [6.45, 7) is 1.56. The van der Waals surface area contributed by atoms with E-state index in [0.717, 1.165) is 16.3 Å². The van der Waals surface area contributed by atoms with Gasteiger partial charge in [-0.1, -0.05) is 36.4 Å². The first-order chi connectivity index (χ1) is 11.5. The topological polar surface area (TPSA) is 84.9 Å². The van der Waals surface area contributed by atoms with Gasteiger partial charge in [-0.05, 0) is 18.3 Å². The first kappa shape index (κ1) is 16.2. The van der Waals surface area contributed by atoms with Crippen LogP contribution in [-0.2, 0) is 10.7 Å². The standard InChI is InChI=1S/C19H15N2O2P/c1-24(23,12-22)11-13-6-7-16-17(8-13)19(10-21)15-5-3-2-4-14(15)18(16)9-20/h2-8,22H,11-12H2,1H3. The van der Waals surface area contributed by atoms with Crippen LogP contribution >= 0.6 is 7.14 Å². The van der Waals surface area contributed by atoms with Gasteiger partial charge in [0.2, 0.25) is 0 Å². The quantitative estimate of drug-likeness (QED) is 0.575. The molecular weight excluding hydrogens is 319 g/mol. The molecule has 3 rings (SSSR count). The minimum atomic E-state index is -2.66. The van der Waals surface area contributed by atoms with Crippen molar-refractivity contribution in [3.8, 4) is 12.1 Å². The van der Waals surface area contributed by atoms with Crippen LogP contribution in [0.1, 0.15) is 16.7 Å². The molecule has 5 heteroatoms. The fraction of sp³-hybridized carbons (Fsp3) is 0.158. The fourth-order valence-electron chi connectivity index (χ4n) is 3.00. The number of hydrogen-bond donors (Lipinski definition) is 1. The van der Waals surface area contributed by atoms with Crippen LogP contribution < -0.4 is 0 Å². The molecule has 3 aromatic rings. The lowest BCUT2D eigenvalue weighted by atomic mass is 9.92. The van der Waals surface area contributed by atoms with Gasteiger partial charge in [0.1, 0.15) is 19.3 Å². The van der Waals surface area contributed by atoms with E-state index in [2.05, 4.69) is 12.1 Å². The Labute approximate surface area is 139 Å². The molecule has 0 amide bonds. The lowest BCUT2D eigenvalue weighted by molar-refractivity contribution is 0.358. The van der Waals surface area contributed by atoms with Gasteiger partial charge in [-0.3, -0.25) is 0 Å². The summed E-state index contributed by atoms with van der Waals surface area (Å²) in [5.74, 6) is 0. The molecule has 1 unspecified atom stereocenters. The molecule has 0 fully saturated rings. The maximum Gasteiger partial charge on any atom is 0.113 e. The number of aliphatic hydroxyl groups excluding tert-OH is 1. The van der Waals surface area contributed by atoms with Crippen LogP contribution in [0.25, 0.3) is 21.5 Å². The van der Waals surface area contributed by atoms with E-state index in [1.807, 2.05) is 36.4 Å². The summed E-state index contributed by atoms with van der Waals surface area (Å²) >= 11 is 0. The third-order valence-corrected chi connectivity index (χ3v) is 5.76. The summed E-state index contributed by atoms with van der Waals surface area (Å²) in [7, 11) is -2.66. The number of benzene rings is 3. The second-order valence-electron chi connectivity index (χ2n) is 6.00. The van der Waals surface area contributed by atoms with Gasteiger partial charge in [0.15, 0.2) is 0 Å². The van der Waals surface area contributed by atoms with Crippen molar-refractivity contribution >= 4 is 28.7 Å². The van der Waals surface area contributed by atoms with Crippen LogP contribution in [0.5, 0.6) is 0 Å². The molecular formula is C19H15N2O2P. The Morgan fingerprint density at radius 2 is 1.50 bits per heavy atom. The second-order valence-corrected chi connectivity index (χ2v) is 9.19. The molecule has 0 bridgehead atoms. The molecule has 0 aliphatic rings. The predicted molar refractivity (Wildman–Crippen MR) is 95.2 cm³/mol. The van der Waals surface area contributed by atoms with Crippen molar-refractivity contribution in [3.05, 3.63) is 59.2 Å². The highest BCUT2D eigenvalue weighted by Gasteiger charge is 2.17. The average Bonchev–Trinajstić information content (AvgIpc) is 2.59. The van der Waals surface area contributed by atoms with Gasteiger partial charge in [-0.25, -0.2) is 0 Å². The summed E-state index contributed by atoms with van der Waals surface area (Å²) in [6.07, 6.45) is -0.0870. The lowest BCUT2D eigenvalue weighted by Gasteiger charge is -2.13. The zero-order chi connectivity index (χ0) is 17.3. The van der Waals surface area contributed by atoms with Gasteiger partial charge in [0, 0.05) is 27.7 Å². The zero-order valence-corrected chi connectivity index (χ0v) is 14.0. The third kappa shape index (κ3) is 2.68. The van der Waals surface area contributed by atoms with Crippen LogP contribution in [0.3, 0.4) is 0 Å². The molecule has 0 saturated heterocycles. The SMILES string of the molecule is CP(=O)(CO)Cc1ccc2c(C#N)c3ccccc3c(C#N)c2c1. The van der Waals surface area contributed by atoms with Gasteiger partial charge in [0.05, 0.1) is 17.5 Å². The van der Waals surface area contributed by atoms with Crippen molar-refractivity contribution < 1.29 is 9.67 Å². The number of hydrogen-bond acceptors (Lipinski definition) is 4. The van der Waals surface area contributed by atoms with Gasteiger partial charge >= 0.3 is 0 Å². The molecule has 0 aliphatic carbocycles. The Morgan fingerprint density at radius 1 is 0.958 bits per heavy atom. The molecule has 1 N–H and O–H groups in total. The van der Waals surface area contributed by atoms with Crippen LogP contribution in [0.2, 0.25) is 0 Å².